The van der Waals surface area contributed by atoms with Crippen molar-refractivity contribution in [3.8, 4) is 0 Å². The maximum absolute atomic E-state index is 10.3. The van der Waals surface area contributed by atoms with Crippen LogP contribution < -0.4 is 11.1 Å². The van der Waals surface area contributed by atoms with Crippen molar-refractivity contribution in [1.82, 2.24) is 5.32 Å². The van der Waals surface area contributed by atoms with Crippen molar-refractivity contribution in [1.29, 1.82) is 0 Å². The summed E-state index contributed by atoms with van der Waals surface area (Å²) in [7, 11) is 0. The monoisotopic (exact) mass is 172 g/mol. The van der Waals surface area contributed by atoms with Gasteiger partial charge in [-0.25, -0.2) is 0 Å². The average molecular weight is 172 g/mol. The molecule has 1 fully saturated rings. The minimum atomic E-state index is -0.901. The van der Waals surface area contributed by atoms with Gasteiger partial charge in [0.15, 0.2) is 0 Å². The third-order valence-corrected chi connectivity index (χ3v) is 2.02. The summed E-state index contributed by atoms with van der Waals surface area (Å²) in [6.45, 7) is 0.894. The Kier molecular flexibility index (Phi) is 3.49. The summed E-state index contributed by atoms with van der Waals surface area (Å²) in [5.41, 5.74) is 5.32. The number of nitrogens with two attached hydrogens (primary N) is 1. The topological polar surface area (TPSA) is 75.3 Å². The smallest absolute Gasteiger partial charge is 0.320 e. The standard InChI is InChI=1S/C8H16N2O2/c9-7(8(11)12)2-1-5-10-6-3-4-6/h6-7,10H,1-5,9H2,(H,11,12). The van der Waals surface area contributed by atoms with Crippen molar-refractivity contribution < 1.29 is 9.90 Å². The molecule has 1 aliphatic carbocycles. The summed E-state index contributed by atoms with van der Waals surface area (Å²) in [5.74, 6) is -0.901. The second-order valence-electron chi connectivity index (χ2n) is 3.32. The Morgan fingerprint density at radius 2 is 2.33 bits per heavy atom. The fourth-order valence-electron chi connectivity index (χ4n) is 1.04. The molecule has 1 aliphatic rings. The molecule has 0 aromatic carbocycles. The molecule has 0 aromatic heterocycles. The molecule has 1 atom stereocenters. The second kappa shape index (κ2) is 4.42. The van der Waals surface area contributed by atoms with E-state index < -0.39 is 12.0 Å². The van der Waals surface area contributed by atoms with Gasteiger partial charge in [-0.15, -0.1) is 0 Å². The lowest BCUT2D eigenvalue weighted by Crippen LogP contribution is -2.31. The number of rotatable bonds is 6. The van der Waals surface area contributed by atoms with Gasteiger partial charge in [0.1, 0.15) is 6.04 Å². The average Bonchev–Trinajstić information content (AvgIpc) is 2.80. The van der Waals surface area contributed by atoms with E-state index in [4.69, 9.17) is 10.8 Å². The molecule has 1 saturated carbocycles. The Bertz CT molecular complexity index is 157. The van der Waals surface area contributed by atoms with E-state index in [-0.39, 0.29) is 0 Å². The predicted molar refractivity (Wildman–Crippen MR) is 45.9 cm³/mol. The van der Waals surface area contributed by atoms with Crippen molar-refractivity contribution in [3.05, 3.63) is 0 Å². The third kappa shape index (κ3) is 3.69. The summed E-state index contributed by atoms with van der Waals surface area (Å²) in [6, 6.07) is 0.0112. The quantitative estimate of drug-likeness (QED) is 0.490. The maximum Gasteiger partial charge on any atom is 0.320 e. The number of carboxylic acid groups (broad SMARTS) is 1. The molecule has 12 heavy (non-hydrogen) atoms. The van der Waals surface area contributed by atoms with E-state index in [1.54, 1.807) is 0 Å². The van der Waals surface area contributed by atoms with Gasteiger partial charge in [0, 0.05) is 6.04 Å². The molecule has 0 saturated heterocycles. The number of carbonyl (C=O) groups is 1. The van der Waals surface area contributed by atoms with E-state index in [1.807, 2.05) is 0 Å². The SMILES string of the molecule is NC(CCCNC1CC1)C(=O)O. The summed E-state index contributed by atoms with van der Waals surface area (Å²) in [6.07, 6.45) is 3.95. The molecule has 4 nitrogen and oxygen atoms in total. The molecule has 4 heteroatoms. The van der Waals surface area contributed by atoms with E-state index in [0.29, 0.717) is 12.5 Å². The first kappa shape index (κ1) is 9.48. The number of carboxylic acids is 1. The number of hydrogen-bond donors (Lipinski definition) is 3. The Hall–Kier alpha value is -0.610. The normalized spacial score (nSPS) is 19.1. The lowest BCUT2D eigenvalue weighted by atomic mass is 10.2. The van der Waals surface area contributed by atoms with E-state index in [2.05, 4.69) is 5.32 Å². The van der Waals surface area contributed by atoms with Crippen LogP contribution in [-0.4, -0.2) is 29.7 Å². The summed E-state index contributed by atoms with van der Waals surface area (Å²) in [4.78, 5) is 10.3. The van der Waals surface area contributed by atoms with Crippen molar-refractivity contribution >= 4 is 5.97 Å². The first-order chi connectivity index (χ1) is 5.70. The van der Waals surface area contributed by atoms with Crippen LogP contribution in [-0.2, 0) is 4.79 Å². The van der Waals surface area contributed by atoms with Crippen molar-refractivity contribution in [2.45, 2.75) is 37.8 Å². The highest BCUT2D eigenvalue weighted by atomic mass is 16.4. The first-order valence-corrected chi connectivity index (χ1v) is 4.42. The lowest BCUT2D eigenvalue weighted by molar-refractivity contribution is -0.138. The Balaban J connectivity index is 1.89. The summed E-state index contributed by atoms with van der Waals surface area (Å²) < 4.78 is 0. The van der Waals surface area contributed by atoms with E-state index in [9.17, 15) is 4.79 Å². The number of hydrogen-bond acceptors (Lipinski definition) is 3. The maximum atomic E-state index is 10.3. The Morgan fingerprint density at radius 3 is 2.83 bits per heavy atom. The molecule has 0 spiro atoms. The highest BCUT2D eigenvalue weighted by Crippen LogP contribution is 2.18. The lowest BCUT2D eigenvalue weighted by Gasteiger charge is -2.05. The van der Waals surface area contributed by atoms with Crippen LogP contribution in [0.1, 0.15) is 25.7 Å². The molecule has 70 valence electrons. The van der Waals surface area contributed by atoms with Gasteiger partial charge < -0.3 is 16.2 Å². The first-order valence-electron chi connectivity index (χ1n) is 4.42. The zero-order valence-corrected chi connectivity index (χ0v) is 7.12. The highest BCUT2D eigenvalue weighted by Gasteiger charge is 2.19. The van der Waals surface area contributed by atoms with Crippen molar-refractivity contribution in [2.75, 3.05) is 6.54 Å². The van der Waals surface area contributed by atoms with Crippen LogP contribution >= 0.6 is 0 Å². The molecule has 1 rings (SSSR count). The van der Waals surface area contributed by atoms with Crippen LogP contribution in [0, 0.1) is 0 Å². The summed E-state index contributed by atoms with van der Waals surface area (Å²) in [5, 5.41) is 11.8. The van der Waals surface area contributed by atoms with Crippen LogP contribution in [0.5, 0.6) is 0 Å². The van der Waals surface area contributed by atoms with E-state index in [0.717, 1.165) is 13.0 Å². The molecule has 0 amide bonds. The van der Waals surface area contributed by atoms with Crippen LogP contribution in [0.4, 0.5) is 0 Å². The molecule has 1 unspecified atom stereocenters. The van der Waals surface area contributed by atoms with Gasteiger partial charge in [0.25, 0.3) is 0 Å². The van der Waals surface area contributed by atoms with Gasteiger partial charge in [-0.1, -0.05) is 0 Å². The molecule has 0 aromatic rings. The number of nitrogens with one attached hydrogen (secondary N) is 1. The van der Waals surface area contributed by atoms with Gasteiger partial charge in [-0.2, -0.15) is 0 Å². The van der Waals surface area contributed by atoms with Gasteiger partial charge in [-0.05, 0) is 32.2 Å². The molecule has 4 N–H and O–H groups in total. The summed E-state index contributed by atoms with van der Waals surface area (Å²) >= 11 is 0. The van der Waals surface area contributed by atoms with Crippen LogP contribution in [0.2, 0.25) is 0 Å². The zero-order chi connectivity index (χ0) is 8.97. The van der Waals surface area contributed by atoms with E-state index in [1.165, 1.54) is 12.8 Å². The van der Waals surface area contributed by atoms with Crippen molar-refractivity contribution in [2.24, 2.45) is 5.73 Å². The van der Waals surface area contributed by atoms with Crippen LogP contribution in [0.25, 0.3) is 0 Å². The molecule has 0 bridgehead atoms. The van der Waals surface area contributed by atoms with Gasteiger partial charge >= 0.3 is 5.97 Å². The molecule has 0 heterocycles. The third-order valence-electron chi connectivity index (χ3n) is 2.02. The Labute approximate surface area is 72.1 Å². The number of aliphatic carboxylic acids is 1. The second-order valence-corrected chi connectivity index (χ2v) is 3.32. The zero-order valence-electron chi connectivity index (χ0n) is 7.12. The van der Waals surface area contributed by atoms with Gasteiger partial charge in [0.2, 0.25) is 0 Å². The minimum absolute atomic E-state index is 0.565. The minimum Gasteiger partial charge on any atom is -0.480 e. The molecular formula is C8H16N2O2. The fraction of sp³-hybridized carbons (Fsp3) is 0.875. The fourth-order valence-corrected chi connectivity index (χ4v) is 1.04. The van der Waals surface area contributed by atoms with Crippen LogP contribution in [0.15, 0.2) is 0 Å². The van der Waals surface area contributed by atoms with Gasteiger partial charge in [0.05, 0.1) is 0 Å². The largest absolute Gasteiger partial charge is 0.480 e. The van der Waals surface area contributed by atoms with E-state index >= 15 is 0 Å². The molecule has 0 aliphatic heterocycles. The van der Waals surface area contributed by atoms with Gasteiger partial charge in [-0.3, -0.25) is 4.79 Å². The molecule has 0 radical (unpaired) electrons. The molecular weight excluding hydrogens is 156 g/mol. The highest BCUT2D eigenvalue weighted by molar-refractivity contribution is 5.72. The Morgan fingerprint density at radius 1 is 1.67 bits per heavy atom. The predicted octanol–water partition coefficient (Wildman–Crippen LogP) is -0.0695. The van der Waals surface area contributed by atoms with Crippen LogP contribution in [0.3, 0.4) is 0 Å². The van der Waals surface area contributed by atoms with Crippen molar-refractivity contribution in [3.63, 3.8) is 0 Å².